The van der Waals surface area contributed by atoms with Gasteiger partial charge in [0.1, 0.15) is 17.3 Å². The fourth-order valence-electron chi connectivity index (χ4n) is 2.85. The third kappa shape index (κ3) is 2.32. The summed E-state index contributed by atoms with van der Waals surface area (Å²) in [5.41, 5.74) is 2.82. The molecule has 24 heavy (non-hydrogen) atoms. The van der Waals surface area contributed by atoms with E-state index in [2.05, 4.69) is 15.3 Å². The predicted octanol–water partition coefficient (Wildman–Crippen LogP) is 3.12. The molecule has 0 bridgehead atoms. The SMILES string of the molecule is Cn1c(CNC(=O)c2cc3c(F)cccc3[nH]2)nc2ccccc21. The first-order valence-electron chi connectivity index (χ1n) is 7.59. The molecule has 2 N–H and O–H groups in total. The average Bonchev–Trinajstić information content (AvgIpc) is 3.16. The Morgan fingerprint density at radius 1 is 1.25 bits per heavy atom. The third-order valence-corrected chi connectivity index (χ3v) is 4.14. The number of hydrogen-bond acceptors (Lipinski definition) is 2. The van der Waals surface area contributed by atoms with Gasteiger partial charge >= 0.3 is 0 Å². The minimum atomic E-state index is -0.349. The van der Waals surface area contributed by atoms with Crippen molar-refractivity contribution in [3.8, 4) is 0 Å². The molecule has 0 aliphatic carbocycles. The average molecular weight is 322 g/mol. The second-order valence-electron chi connectivity index (χ2n) is 5.64. The van der Waals surface area contributed by atoms with E-state index in [1.165, 1.54) is 12.1 Å². The van der Waals surface area contributed by atoms with Gasteiger partial charge in [0.2, 0.25) is 0 Å². The molecule has 5 nitrogen and oxygen atoms in total. The first-order chi connectivity index (χ1) is 11.6. The summed E-state index contributed by atoms with van der Waals surface area (Å²) in [5.74, 6) is 0.114. The lowest BCUT2D eigenvalue weighted by molar-refractivity contribution is 0.0945. The molecule has 0 saturated carbocycles. The molecule has 2 aromatic heterocycles. The number of amides is 1. The Kier molecular flexibility index (Phi) is 3.30. The van der Waals surface area contributed by atoms with E-state index in [1.807, 2.05) is 35.9 Å². The number of halogens is 1. The number of H-pyrrole nitrogens is 1. The standard InChI is InChI=1S/C18H15FN4O/c1-23-16-8-3-2-6-14(16)22-17(23)10-20-18(24)15-9-11-12(19)5-4-7-13(11)21-15/h2-9,21H,10H2,1H3,(H,20,24). The number of aromatic nitrogens is 3. The molecule has 2 aromatic carbocycles. The van der Waals surface area contributed by atoms with Crippen LogP contribution in [0.4, 0.5) is 4.39 Å². The van der Waals surface area contributed by atoms with E-state index < -0.39 is 0 Å². The number of para-hydroxylation sites is 2. The van der Waals surface area contributed by atoms with E-state index in [0.29, 0.717) is 23.1 Å². The van der Waals surface area contributed by atoms with E-state index in [4.69, 9.17) is 0 Å². The van der Waals surface area contributed by atoms with Crippen LogP contribution in [-0.2, 0) is 13.6 Å². The van der Waals surface area contributed by atoms with Crippen LogP contribution in [0.5, 0.6) is 0 Å². The van der Waals surface area contributed by atoms with E-state index in [1.54, 1.807) is 12.1 Å². The van der Waals surface area contributed by atoms with Crippen molar-refractivity contribution in [2.75, 3.05) is 0 Å². The lowest BCUT2D eigenvalue weighted by atomic mass is 10.2. The second kappa shape index (κ2) is 5.49. The van der Waals surface area contributed by atoms with Crippen LogP contribution >= 0.6 is 0 Å². The van der Waals surface area contributed by atoms with Crippen molar-refractivity contribution in [2.45, 2.75) is 6.54 Å². The van der Waals surface area contributed by atoms with Crippen LogP contribution in [0.2, 0.25) is 0 Å². The van der Waals surface area contributed by atoms with E-state index in [-0.39, 0.29) is 11.7 Å². The number of fused-ring (bicyclic) bond motifs is 2. The van der Waals surface area contributed by atoms with Gasteiger partial charge in [-0.3, -0.25) is 4.79 Å². The molecule has 0 atom stereocenters. The lowest BCUT2D eigenvalue weighted by Crippen LogP contribution is -2.24. The normalized spacial score (nSPS) is 11.2. The van der Waals surface area contributed by atoms with Crippen LogP contribution < -0.4 is 5.32 Å². The maximum absolute atomic E-state index is 13.7. The van der Waals surface area contributed by atoms with Crippen molar-refractivity contribution in [3.05, 3.63) is 65.9 Å². The lowest BCUT2D eigenvalue weighted by Gasteiger charge is -2.04. The highest BCUT2D eigenvalue weighted by atomic mass is 19.1. The molecule has 120 valence electrons. The Bertz CT molecular complexity index is 1060. The zero-order valence-corrected chi connectivity index (χ0v) is 13.0. The van der Waals surface area contributed by atoms with E-state index in [0.717, 1.165) is 16.9 Å². The fourth-order valence-corrected chi connectivity index (χ4v) is 2.85. The molecule has 4 aromatic rings. The van der Waals surface area contributed by atoms with Gasteiger partial charge in [0.05, 0.1) is 17.6 Å². The smallest absolute Gasteiger partial charge is 0.268 e. The summed E-state index contributed by atoms with van der Waals surface area (Å²) >= 11 is 0. The van der Waals surface area contributed by atoms with Crippen LogP contribution in [0.3, 0.4) is 0 Å². The molecule has 0 aliphatic heterocycles. The van der Waals surface area contributed by atoms with Gasteiger partial charge < -0.3 is 14.9 Å². The number of nitrogens with zero attached hydrogens (tertiary/aromatic N) is 2. The molecule has 2 heterocycles. The second-order valence-corrected chi connectivity index (χ2v) is 5.64. The molecule has 0 fully saturated rings. The van der Waals surface area contributed by atoms with Crippen molar-refractivity contribution in [1.29, 1.82) is 0 Å². The van der Waals surface area contributed by atoms with Crippen molar-refractivity contribution in [1.82, 2.24) is 19.9 Å². The molecule has 0 radical (unpaired) electrons. The Labute approximate surface area is 137 Å². The Balaban J connectivity index is 1.56. The van der Waals surface area contributed by atoms with Crippen molar-refractivity contribution in [2.24, 2.45) is 7.05 Å². The summed E-state index contributed by atoms with van der Waals surface area (Å²) in [6.07, 6.45) is 0. The quantitative estimate of drug-likeness (QED) is 0.609. The highest BCUT2D eigenvalue weighted by Crippen LogP contribution is 2.19. The van der Waals surface area contributed by atoms with Gasteiger partial charge in [-0.05, 0) is 30.3 Å². The molecule has 0 aliphatic rings. The third-order valence-electron chi connectivity index (χ3n) is 4.14. The predicted molar refractivity (Wildman–Crippen MR) is 90.1 cm³/mol. The first kappa shape index (κ1) is 14.4. The number of carbonyl (C=O) groups excluding carboxylic acids is 1. The Hall–Kier alpha value is -3.15. The molecule has 0 unspecified atom stereocenters. The summed E-state index contributed by atoms with van der Waals surface area (Å²) in [4.78, 5) is 19.8. The van der Waals surface area contributed by atoms with Crippen LogP contribution in [0.25, 0.3) is 21.9 Å². The zero-order chi connectivity index (χ0) is 16.7. The number of carbonyl (C=O) groups is 1. The summed E-state index contributed by atoms with van der Waals surface area (Å²) in [5, 5.41) is 3.23. The fraction of sp³-hybridized carbons (Fsp3) is 0.111. The van der Waals surface area contributed by atoms with Crippen molar-refractivity contribution >= 4 is 27.8 Å². The van der Waals surface area contributed by atoms with Gasteiger partial charge in [0.15, 0.2) is 0 Å². The summed E-state index contributed by atoms with van der Waals surface area (Å²) in [6, 6.07) is 14.0. The number of imidazole rings is 1. The van der Waals surface area contributed by atoms with Gasteiger partial charge in [-0.15, -0.1) is 0 Å². The summed E-state index contributed by atoms with van der Waals surface area (Å²) < 4.78 is 15.7. The van der Waals surface area contributed by atoms with Crippen molar-refractivity contribution in [3.63, 3.8) is 0 Å². The number of aromatic amines is 1. The minimum absolute atomic E-state index is 0.294. The number of aryl methyl sites for hydroxylation is 1. The van der Waals surface area contributed by atoms with Gasteiger partial charge in [-0.1, -0.05) is 18.2 Å². The monoisotopic (exact) mass is 322 g/mol. The van der Waals surface area contributed by atoms with Gasteiger partial charge in [0, 0.05) is 18.0 Å². The number of hydrogen-bond donors (Lipinski definition) is 2. The minimum Gasteiger partial charge on any atom is -0.350 e. The van der Waals surface area contributed by atoms with Crippen molar-refractivity contribution < 1.29 is 9.18 Å². The number of nitrogens with one attached hydrogen (secondary N) is 2. The Morgan fingerprint density at radius 3 is 2.88 bits per heavy atom. The summed E-state index contributed by atoms with van der Waals surface area (Å²) in [7, 11) is 1.91. The maximum atomic E-state index is 13.7. The van der Waals surface area contributed by atoms with Gasteiger partial charge in [-0.25, -0.2) is 9.37 Å². The topological polar surface area (TPSA) is 62.7 Å². The molecular formula is C18H15FN4O. The van der Waals surface area contributed by atoms with Crippen LogP contribution in [0.15, 0.2) is 48.5 Å². The zero-order valence-electron chi connectivity index (χ0n) is 13.0. The molecule has 6 heteroatoms. The molecular weight excluding hydrogens is 307 g/mol. The highest BCUT2D eigenvalue weighted by Gasteiger charge is 2.13. The molecule has 4 rings (SSSR count). The van der Waals surface area contributed by atoms with E-state index in [9.17, 15) is 9.18 Å². The van der Waals surface area contributed by atoms with Crippen LogP contribution in [0.1, 0.15) is 16.3 Å². The molecule has 0 saturated heterocycles. The summed E-state index contributed by atoms with van der Waals surface area (Å²) in [6.45, 7) is 0.294. The largest absolute Gasteiger partial charge is 0.350 e. The molecule has 0 spiro atoms. The van der Waals surface area contributed by atoms with Crippen LogP contribution in [-0.4, -0.2) is 20.4 Å². The van der Waals surface area contributed by atoms with Crippen LogP contribution in [0, 0.1) is 5.82 Å². The number of benzene rings is 2. The van der Waals surface area contributed by atoms with E-state index >= 15 is 0 Å². The maximum Gasteiger partial charge on any atom is 0.268 e. The first-order valence-corrected chi connectivity index (χ1v) is 7.59. The Morgan fingerprint density at radius 2 is 2.08 bits per heavy atom. The highest BCUT2D eigenvalue weighted by molar-refractivity contribution is 5.98. The molecule has 1 amide bonds. The van der Waals surface area contributed by atoms with Gasteiger partial charge in [0.25, 0.3) is 5.91 Å². The van der Waals surface area contributed by atoms with Gasteiger partial charge in [-0.2, -0.15) is 0 Å². The number of rotatable bonds is 3.